The number of nitrogens with one attached hydrogen (secondary N) is 1. The lowest BCUT2D eigenvalue weighted by atomic mass is 9.94. The van der Waals surface area contributed by atoms with E-state index in [2.05, 4.69) is 31.1 Å². The monoisotopic (exact) mass is 206 g/mol. The largest absolute Gasteiger partial charge is 0.377 e. The van der Waals surface area contributed by atoms with Crippen LogP contribution in [0, 0.1) is 6.92 Å². The summed E-state index contributed by atoms with van der Waals surface area (Å²) in [7, 11) is 0. The van der Waals surface area contributed by atoms with Gasteiger partial charge in [0.25, 0.3) is 0 Å². The lowest BCUT2D eigenvalue weighted by Crippen LogP contribution is -2.41. The van der Waals surface area contributed by atoms with Crippen LogP contribution in [0.25, 0.3) is 0 Å². The average Bonchev–Trinajstić information content (AvgIpc) is 2.51. The Labute approximate surface area is 90.9 Å². The first-order valence-corrected chi connectivity index (χ1v) is 5.42. The zero-order valence-corrected chi connectivity index (χ0v) is 9.58. The second kappa shape index (κ2) is 3.81. The molecule has 0 aliphatic carbocycles. The van der Waals surface area contributed by atoms with Gasteiger partial charge in [0.2, 0.25) is 0 Å². The first-order valence-electron chi connectivity index (χ1n) is 5.42. The van der Waals surface area contributed by atoms with Gasteiger partial charge in [-0.3, -0.25) is 4.98 Å². The molecule has 1 aromatic heterocycles. The van der Waals surface area contributed by atoms with Crippen LogP contribution in [0.1, 0.15) is 25.8 Å². The molecule has 0 bridgehead atoms. The minimum absolute atomic E-state index is 0.0477. The first kappa shape index (κ1) is 10.4. The maximum atomic E-state index is 5.60. The van der Waals surface area contributed by atoms with E-state index in [1.807, 2.05) is 18.5 Å². The van der Waals surface area contributed by atoms with Crippen molar-refractivity contribution in [1.82, 2.24) is 4.98 Å². The number of pyridine rings is 1. The smallest absolute Gasteiger partial charge is 0.0774 e. The molecule has 3 nitrogen and oxygen atoms in total. The van der Waals surface area contributed by atoms with Crippen LogP contribution in [0.15, 0.2) is 18.5 Å². The summed E-state index contributed by atoms with van der Waals surface area (Å²) in [6, 6.07) is 2.02. The molecule has 82 valence electrons. The van der Waals surface area contributed by atoms with Crippen molar-refractivity contribution in [2.75, 3.05) is 11.9 Å². The SMILES string of the molecule is Cc1cnccc1NC1(C)CCOC1C. The van der Waals surface area contributed by atoms with Crippen LogP contribution in [0.5, 0.6) is 0 Å². The van der Waals surface area contributed by atoms with Gasteiger partial charge in [-0.2, -0.15) is 0 Å². The Bertz CT molecular complexity index is 353. The summed E-state index contributed by atoms with van der Waals surface area (Å²) < 4.78 is 5.60. The summed E-state index contributed by atoms with van der Waals surface area (Å²) >= 11 is 0. The number of hydrogen-bond donors (Lipinski definition) is 1. The first-order chi connectivity index (χ1) is 7.12. The van der Waals surface area contributed by atoms with Crippen molar-refractivity contribution < 1.29 is 4.74 Å². The van der Waals surface area contributed by atoms with Crippen LogP contribution in [-0.2, 0) is 4.74 Å². The van der Waals surface area contributed by atoms with Crippen molar-refractivity contribution in [3.05, 3.63) is 24.0 Å². The van der Waals surface area contributed by atoms with Crippen LogP contribution >= 0.6 is 0 Å². The minimum Gasteiger partial charge on any atom is -0.377 e. The van der Waals surface area contributed by atoms with E-state index in [1.54, 1.807) is 0 Å². The second-order valence-electron chi connectivity index (χ2n) is 4.50. The molecular formula is C12H18N2O. The molecular weight excluding hydrogens is 188 g/mol. The van der Waals surface area contributed by atoms with Gasteiger partial charge >= 0.3 is 0 Å². The third kappa shape index (κ3) is 1.97. The Hall–Kier alpha value is -1.09. The van der Waals surface area contributed by atoms with Crippen molar-refractivity contribution in [3.63, 3.8) is 0 Å². The Morgan fingerprint density at radius 3 is 3.00 bits per heavy atom. The highest BCUT2D eigenvalue weighted by Crippen LogP contribution is 2.30. The Kier molecular flexibility index (Phi) is 2.65. The minimum atomic E-state index is 0.0477. The summed E-state index contributed by atoms with van der Waals surface area (Å²) in [5, 5.41) is 3.57. The van der Waals surface area contributed by atoms with Crippen LogP contribution in [0.4, 0.5) is 5.69 Å². The fourth-order valence-corrected chi connectivity index (χ4v) is 1.92. The molecule has 1 aromatic rings. The molecule has 2 atom stereocenters. The number of aromatic nitrogens is 1. The maximum Gasteiger partial charge on any atom is 0.0774 e. The third-order valence-corrected chi connectivity index (χ3v) is 3.33. The zero-order valence-electron chi connectivity index (χ0n) is 9.58. The number of nitrogens with zero attached hydrogens (tertiary/aromatic N) is 1. The predicted octanol–water partition coefficient (Wildman–Crippen LogP) is 2.37. The molecule has 1 fully saturated rings. The molecule has 2 heterocycles. The number of rotatable bonds is 2. The van der Waals surface area contributed by atoms with E-state index >= 15 is 0 Å². The fourth-order valence-electron chi connectivity index (χ4n) is 1.92. The molecule has 1 saturated heterocycles. The molecule has 0 radical (unpaired) electrons. The third-order valence-electron chi connectivity index (χ3n) is 3.33. The predicted molar refractivity (Wildman–Crippen MR) is 61.0 cm³/mol. The molecule has 15 heavy (non-hydrogen) atoms. The van der Waals surface area contributed by atoms with Crippen molar-refractivity contribution in [2.45, 2.75) is 38.8 Å². The van der Waals surface area contributed by atoms with Crippen molar-refractivity contribution >= 4 is 5.69 Å². The van der Waals surface area contributed by atoms with E-state index in [0.29, 0.717) is 0 Å². The van der Waals surface area contributed by atoms with Crippen LogP contribution in [-0.4, -0.2) is 23.2 Å². The molecule has 0 spiro atoms. The van der Waals surface area contributed by atoms with E-state index < -0.39 is 0 Å². The molecule has 2 unspecified atom stereocenters. The van der Waals surface area contributed by atoms with Gasteiger partial charge in [0.05, 0.1) is 11.6 Å². The molecule has 0 amide bonds. The van der Waals surface area contributed by atoms with Gasteiger partial charge in [0.15, 0.2) is 0 Å². The molecule has 1 aliphatic heterocycles. The number of aryl methyl sites for hydroxylation is 1. The molecule has 1 N–H and O–H groups in total. The number of ether oxygens (including phenoxy) is 1. The van der Waals surface area contributed by atoms with Gasteiger partial charge in [-0.15, -0.1) is 0 Å². The fraction of sp³-hybridized carbons (Fsp3) is 0.583. The Morgan fingerprint density at radius 2 is 2.40 bits per heavy atom. The van der Waals surface area contributed by atoms with Crippen LogP contribution in [0.2, 0.25) is 0 Å². The van der Waals surface area contributed by atoms with E-state index in [9.17, 15) is 0 Å². The highest BCUT2D eigenvalue weighted by Gasteiger charge is 2.36. The quantitative estimate of drug-likeness (QED) is 0.806. The van der Waals surface area contributed by atoms with E-state index in [1.165, 1.54) is 5.56 Å². The van der Waals surface area contributed by atoms with E-state index in [-0.39, 0.29) is 11.6 Å². The molecule has 1 aliphatic rings. The Balaban J connectivity index is 2.18. The topological polar surface area (TPSA) is 34.2 Å². The van der Waals surface area contributed by atoms with Gasteiger partial charge in [0, 0.05) is 24.7 Å². The normalized spacial score (nSPS) is 30.5. The van der Waals surface area contributed by atoms with Gasteiger partial charge in [0.1, 0.15) is 0 Å². The summed E-state index contributed by atoms with van der Waals surface area (Å²) in [6.45, 7) is 7.25. The molecule has 0 saturated carbocycles. The summed E-state index contributed by atoms with van der Waals surface area (Å²) in [5.74, 6) is 0. The summed E-state index contributed by atoms with van der Waals surface area (Å²) in [5.41, 5.74) is 2.38. The van der Waals surface area contributed by atoms with Crippen LogP contribution in [0.3, 0.4) is 0 Å². The lowest BCUT2D eigenvalue weighted by molar-refractivity contribution is 0.105. The summed E-state index contributed by atoms with van der Waals surface area (Å²) in [6.07, 6.45) is 5.01. The van der Waals surface area contributed by atoms with Gasteiger partial charge in [-0.25, -0.2) is 0 Å². The van der Waals surface area contributed by atoms with Crippen molar-refractivity contribution in [1.29, 1.82) is 0 Å². The van der Waals surface area contributed by atoms with E-state index in [4.69, 9.17) is 4.74 Å². The second-order valence-corrected chi connectivity index (χ2v) is 4.50. The van der Waals surface area contributed by atoms with Crippen LogP contribution < -0.4 is 5.32 Å². The number of hydrogen-bond acceptors (Lipinski definition) is 3. The van der Waals surface area contributed by atoms with Gasteiger partial charge in [-0.05, 0) is 38.8 Å². The van der Waals surface area contributed by atoms with E-state index in [0.717, 1.165) is 18.7 Å². The zero-order chi connectivity index (χ0) is 10.9. The highest BCUT2D eigenvalue weighted by molar-refractivity contribution is 5.51. The molecule has 3 heteroatoms. The van der Waals surface area contributed by atoms with Gasteiger partial charge < -0.3 is 10.1 Å². The summed E-state index contributed by atoms with van der Waals surface area (Å²) in [4.78, 5) is 4.09. The Morgan fingerprint density at radius 1 is 1.60 bits per heavy atom. The van der Waals surface area contributed by atoms with Crippen molar-refractivity contribution in [3.8, 4) is 0 Å². The lowest BCUT2D eigenvalue weighted by Gasteiger charge is -2.30. The van der Waals surface area contributed by atoms with Crippen molar-refractivity contribution in [2.24, 2.45) is 0 Å². The van der Waals surface area contributed by atoms with Gasteiger partial charge in [-0.1, -0.05) is 0 Å². The average molecular weight is 206 g/mol. The highest BCUT2D eigenvalue weighted by atomic mass is 16.5. The standard InChI is InChI=1S/C12H18N2O/c1-9-8-13-6-4-11(9)14-12(3)5-7-15-10(12)2/h4,6,8,10H,5,7H2,1-3H3,(H,13,14). The molecule has 0 aromatic carbocycles. The molecule has 2 rings (SSSR count). The number of anilines is 1. The maximum absolute atomic E-state index is 5.60.